The number of ketones is 3. The molecule has 3 heterocycles. The molecule has 0 fully saturated rings. The summed E-state index contributed by atoms with van der Waals surface area (Å²) in [6, 6.07) is 23.0. The molecule has 3 aliphatic carbocycles. The summed E-state index contributed by atoms with van der Waals surface area (Å²) in [4.78, 5) is 42.5. The Morgan fingerprint density at radius 2 is 0.650 bits per heavy atom. The second kappa shape index (κ2) is 19.6. The second-order valence-corrected chi connectivity index (χ2v) is 19.3. The first-order valence-electron chi connectivity index (χ1n) is 21.0. The molecule has 9 rings (SSSR count). The Morgan fingerprint density at radius 3 is 0.900 bits per heavy atom. The first-order chi connectivity index (χ1) is 28.9. The quantitative estimate of drug-likeness (QED) is 0.125. The van der Waals surface area contributed by atoms with Gasteiger partial charge in [-0.1, -0.05) is 89.5 Å². The highest BCUT2D eigenvalue weighted by Crippen LogP contribution is 2.26. The number of carbonyl (C=O) groups is 3. The molecule has 0 amide bonds. The van der Waals surface area contributed by atoms with Gasteiger partial charge in [0.15, 0.2) is 31.8 Å². The van der Waals surface area contributed by atoms with E-state index in [-0.39, 0.29) is 17.3 Å². The lowest BCUT2D eigenvalue weighted by atomic mass is 10.0. The van der Waals surface area contributed by atoms with Gasteiger partial charge in [0.1, 0.15) is 0 Å². The molecule has 12 heteroatoms. The zero-order chi connectivity index (χ0) is 42.3. The van der Waals surface area contributed by atoms with Gasteiger partial charge in [-0.3, -0.25) is 30.6 Å². The van der Waals surface area contributed by atoms with Crippen molar-refractivity contribution in [3.05, 3.63) is 152 Å². The van der Waals surface area contributed by atoms with Crippen molar-refractivity contribution in [2.75, 3.05) is 0 Å². The zero-order valence-corrected chi connectivity index (χ0v) is 37.3. The number of nitrogens with zero attached hydrogens (tertiary/aromatic N) is 3. The molecule has 6 aromatic rings. The fraction of sp³-hybridized carbons (Fsp3) is 0.375. The van der Waals surface area contributed by atoms with Crippen molar-refractivity contribution in [2.24, 2.45) is 0 Å². The van der Waals surface area contributed by atoms with Gasteiger partial charge in [0.25, 0.3) is 0 Å². The molecule has 0 unspecified atom stereocenters. The molecular formula is C48H54N6O3S3. The van der Waals surface area contributed by atoms with Crippen LogP contribution in [0.25, 0.3) is 0 Å². The van der Waals surface area contributed by atoms with Gasteiger partial charge in [0.2, 0.25) is 0 Å². The predicted molar refractivity (Wildman–Crippen MR) is 241 cm³/mol. The number of thiazole rings is 3. The van der Waals surface area contributed by atoms with Gasteiger partial charge in [-0.15, -0.1) is 34.0 Å². The summed E-state index contributed by atoms with van der Waals surface area (Å²) in [7, 11) is 0. The minimum atomic E-state index is 0.0923. The van der Waals surface area contributed by atoms with Gasteiger partial charge in [0, 0.05) is 48.4 Å². The van der Waals surface area contributed by atoms with Crippen molar-refractivity contribution in [3.8, 4) is 0 Å². The Kier molecular flexibility index (Phi) is 14.0. The van der Waals surface area contributed by atoms with Crippen molar-refractivity contribution < 1.29 is 14.4 Å². The van der Waals surface area contributed by atoms with Crippen LogP contribution in [-0.2, 0) is 58.2 Å². The first kappa shape index (κ1) is 43.1. The molecule has 0 bridgehead atoms. The number of aryl methyl sites for hydroxylation is 6. The lowest BCUT2D eigenvalue weighted by Crippen LogP contribution is -2.22. The summed E-state index contributed by atoms with van der Waals surface area (Å²) in [6.45, 7) is 6.94. The Labute approximate surface area is 363 Å². The fourth-order valence-corrected chi connectivity index (χ4v) is 11.4. The number of rotatable bonds is 9. The standard InChI is InChI=1S/3C16H18N2OS/c3*1-11-6-8-12(9-7-11)14(19)10-18-13-4-2-3-5-15(13)20-16(18)17/h3*6-9,17H,2-5,10H2,1H3. The molecule has 60 heavy (non-hydrogen) atoms. The highest BCUT2D eigenvalue weighted by molar-refractivity contribution is 7.09. The number of hydrogen-bond acceptors (Lipinski definition) is 9. The molecule has 3 aliphatic rings. The molecule has 0 aliphatic heterocycles. The third kappa shape index (κ3) is 10.3. The summed E-state index contributed by atoms with van der Waals surface area (Å²) in [6.07, 6.45) is 13.3. The third-order valence-corrected chi connectivity index (χ3v) is 14.9. The third-order valence-electron chi connectivity index (χ3n) is 11.6. The molecule has 9 nitrogen and oxygen atoms in total. The lowest BCUT2D eigenvalue weighted by molar-refractivity contribution is 0.0961. The van der Waals surface area contributed by atoms with Gasteiger partial charge in [-0.2, -0.15) is 0 Å². The van der Waals surface area contributed by atoms with E-state index in [1.807, 2.05) is 107 Å². The van der Waals surface area contributed by atoms with Gasteiger partial charge >= 0.3 is 0 Å². The maximum Gasteiger partial charge on any atom is 0.182 e. The maximum atomic E-state index is 12.4. The fourth-order valence-electron chi connectivity index (χ4n) is 8.08. The highest BCUT2D eigenvalue weighted by atomic mass is 32.1. The van der Waals surface area contributed by atoms with E-state index in [0.717, 1.165) is 71.9 Å². The van der Waals surface area contributed by atoms with Crippen molar-refractivity contribution in [2.45, 2.75) is 117 Å². The van der Waals surface area contributed by atoms with Gasteiger partial charge in [-0.05, 0) is 97.8 Å². The van der Waals surface area contributed by atoms with E-state index in [1.165, 1.54) is 104 Å². The number of fused-ring (bicyclic) bond motifs is 3. The van der Waals surface area contributed by atoms with E-state index in [1.54, 1.807) is 0 Å². The molecule has 3 aromatic carbocycles. The molecule has 0 atom stereocenters. The molecule has 312 valence electrons. The lowest BCUT2D eigenvalue weighted by Gasteiger charge is -2.14. The molecule has 0 saturated heterocycles. The van der Waals surface area contributed by atoms with Crippen LogP contribution in [0.2, 0.25) is 0 Å². The molecule has 0 spiro atoms. The summed E-state index contributed by atoms with van der Waals surface area (Å²) in [5, 5.41) is 24.3. The van der Waals surface area contributed by atoms with Crippen molar-refractivity contribution in [1.82, 2.24) is 13.7 Å². The average molecular weight is 859 g/mol. The normalized spacial score (nSPS) is 14.1. The maximum absolute atomic E-state index is 12.4. The van der Waals surface area contributed by atoms with Crippen molar-refractivity contribution in [3.63, 3.8) is 0 Å². The summed E-state index contributed by atoms with van der Waals surface area (Å²) >= 11 is 4.60. The van der Waals surface area contributed by atoms with E-state index >= 15 is 0 Å². The largest absolute Gasteiger partial charge is 0.313 e. The number of Topliss-reactive ketones (excluding diaryl/α,β-unsaturated/α-hetero) is 3. The minimum Gasteiger partial charge on any atom is -0.313 e. The number of nitrogens with one attached hydrogen (secondary N) is 3. The number of carbonyl (C=O) groups excluding carboxylic acids is 3. The topological polar surface area (TPSA) is 138 Å². The molecular weight excluding hydrogens is 805 g/mol. The SMILES string of the molecule is Cc1ccc(C(=O)Cn2c3c(sc2=N)CCCC3)cc1.Cc1ccc(C(=O)Cn2c3c(sc2=N)CCCC3)cc1.Cc1ccc(C(=O)Cn2c3c(sc2=N)CCCC3)cc1. The van der Waals surface area contributed by atoms with Gasteiger partial charge < -0.3 is 13.7 Å². The van der Waals surface area contributed by atoms with Crippen LogP contribution in [0.5, 0.6) is 0 Å². The van der Waals surface area contributed by atoms with Crippen LogP contribution in [0.4, 0.5) is 0 Å². The van der Waals surface area contributed by atoms with Crippen LogP contribution in [0.3, 0.4) is 0 Å². The van der Waals surface area contributed by atoms with Gasteiger partial charge in [0.05, 0.1) is 19.6 Å². The highest BCUT2D eigenvalue weighted by Gasteiger charge is 2.21. The summed E-state index contributed by atoms with van der Waals surface area (Å²) < 4.78 is 5.71. The monoisotopic (exact) mass is 858 g/mol. The van der Waals surface area contributed by atoms with Crippen LogP contribution in [-0.4, -0.2) is 31.1 Å². The van der Waals surface area contributed by atoms with Crippen LogP contribution in [0.1, 0.15) is 118 Å². The van der Waals surface area contributed by atoms with Crippen LogP contribution in [0, 0.1) is 37.0 Å². The zero-order valence-electron chi connectivity index (χ0n) is 34.8. The Hall–Kier alpha value is -5.04. The van der Waals surface area contributed by atoms with Crippen molar-refractivity contribution >= 4 is 51.4 Å². The van der Waals surface area contributed by atoms with E-state index in [0.29, 0.717) is 34.0 Å². The predicted octanol–water partition coefficient (Wildman–Crippen LogP) is 9.30. The number of aromatic nitrogens is 3. The van der Waals surface area contributed by atoms with Crippen LogP contribution < -0.4 is 14.4 Å². The smallest absolute Gasteiger partial charge is 0.182 e. The van der Waals surface area contributed by atoms with E-state index < -0.39 is 0 Å². The minimum absolute atomic E-state index is 0.0923. The average Bonchev–Trinajstić information content (AvgIpc) is 3.87. The molecule has 0 radical (unpaired) electrons. The molecule has 3 aromatic heterocycles. The van der Waals surface area contributed by atoms with Crippen molar-refractivity contribution in [1.29, 1.82) is 16.2 Å². The van der Waals surface area contributed by atoms with Gasteiger partial charge in [-0.25, -0.2) is 0 Å². The second-order valence-electron chi connectivity index (χ2n) is 16.1. The Morgan fingerprint density at radius 1 is 0.417 bits per heavy atom. The van der Waals surface area contributed by atoms with Crippen LogP contribution >= 0.6 is 34.0 Å². The number of hydrogen-bond donors (Lipinski definition) is 3. The Balaban J connectivity index is 0.000000136. The summed E-state index contributed by atoms with van der Waals surface area (Å²) in [5.41, 5.74) is 9.31. The summed E-state index contributed by atoms with van der Waals surface area (Å²) in [5.74, 6) is 0.277. The molecule has 0 saturated carbocycles. The van der Waals surface area contributed by atoms with Crippen LogP contribution in [0.15, 0.2) is 72.8 Å². The molecule has 3 N–H and O–H groups in total. The first-order valence-corrected chi connectivity index (χ1v) is 23.5. The number of benzene rings is 3. The Bertz CT molecular complexity index is 2380. The van der Waals surface area contributed by atoms with E-state index in [2.05, 4.69) is 0 Å². The van der Waals surface area contributed by atoms with E-state index in [4.69, 9.17) is 16.2 Å². The van der Waals surface area contributed by atoms with E-state index in [9.17, 15) is 14.4 Å².